The first-order chi connectivity index (χ1) is 16.0. The van der Waals surface area contributed by atoms with Gasteiger partial charge in [0.1, 0.15) is 11.6 Å². The van der Waals surface area contributed by atoms with Crippen LogP contribution in [0.3, 0.4) is 0 Å². The molecule has 0 spiro atoms. The van der Waals surface area contributed by atoms with E-state index in [9.17, 15) is 14.0 Å². The van der Waals surface area contributed by atoms with Crippen molar-refractivity contribution in [1.82, 2.24) is 10.2 Å². The molecular weight excluding hydrogens is 419 g/mol. The first-order valence-electron chi connectivity index (χ1n) is 11.0. The largest absolute Gasteiger partial charge is 0.497 e. The Labute approximate surface area is 193 Å². The summed E-state index contributed by atoms with van der Waals surface area (Å²) in [4.78, 5) is 28.3. The zero-order chi connectivity index (χ0) is 23.4. The maximum Gasteiger partial charge on any atom is 0.254 e. The number of likely N-dealkylation sites (tertiary alicyclic amines) is 1. The molecule has 0 radical (unpaired) electrons. The topological polar surface area (TPSA) is 58.6 Å². The molecule has 1 aliphatic heterocycles. The smallest absolute Gasteiger partial charge is 0.254 e. The lowest BCUT2D eigenvalue weighted by molar-refractivity contribution is -0.125. The van der Waals surface area contributed by atoms with E-state index in [1.165, 1.54) is 12.1 Å². The van der Waals surface area contributed by atoms with E-state index in [1.54, 1.807) is 24.1 Å². The van der Waals surface area contributed by atoms with Gasteiger partial charge in [0.15, 0.2) is 0 Å². The van der Waals surface area contributed by atoms with Crippen LogP contribution in [0.25, 0.3) is 0 Å². The van der Waals surface area contributed by atoms with E-state index >= 15 is 0 Å². The van der Waals surface area contributed by atoms with Crippen LogP contribution in [-0.2, 0) is 11.3 Å². The predicted octanol–water partition coefficient (Wildman–Crippen LogP) is 4.31. The summed E-state index contributed by atoms with van der Waals surface area (Å²) in [7, 11) is 1.61. The molecule has 1 fully saturated rings. The highest BCUT2D eigenvalue weighted by molar-refractivity contribution is 5.96. The van der Waals surface area contributed by atoms with Crippen molar-refractivity contribution in [2.45, 2.75) is 19.4 Å². The molecule has 6 heteroatoms. The Balaban J connectivity index is 1.57. The summed E-state index contributed by atoms with van der Waals surface area (Å²) in [6, 6.07) is 21.2. The molecule has 2 amide bonds. The average molecular weight is 447 g/mol. The number of benzene rings is 3. The fourth-order valence-electron chi connectivity index (χ4n) is 4.35. The molecule has 0 saturated carbocycles. The van der Waals surface area contributed by atoms with Crippen LogP contribution in [0.1, 0.15) is 33.0 Å². The van der Waals surface area contributed by atoms with E-state index in [4.69, 9.17) is 4.74 Å². The molecule has 4 rings (SSSR count). The minimum Gasteiger partial charge on any atom is -0.497 e. The Morgan fingerprint density at radius 1 is 1.03 bits per heavy atom. The molecule has 170 valence electrons. The number of hydrogen-bond acceptors (Lipinski definition) is 3. The lowest BCUT2D eigenvalue weighted by Gasteiger charge is -2.19. The minimum atomic E-state index is -0.412. The number of carbonyl (C=O) groups is 2. The van der Waals surface area contributed by atoms with Crippen LogP contribution in [0.4, 0.5) is 4.39 Å². The number of rotatable bonds is 6. The zero-order valence-corrected chi connectivity index (χ0v) is 18.8. The summed E-state index contributed by atoms with van der Waals surface area (Å²) in [6.45, 7) is 2.97. The number of halogens is 1. The van der Waals surface area contributed by atoms with E-state index in [0.29, 0.717) is 30.9 Å². The van der Waals surface area contributed by atoms with Crippen molar-refractivity contribution < 1.29 is 18.7 Å². The van der Waals surface area contributed by atoms with Crippen molar-refractivity contribution >= 4 is 11.8 Å². The van der Waals surface area contributed by atoms with Gasteiger partial charge in [0.05, 0.1) is 13.0 Å². The molecule has 33 heavy (non-hydrogen) atoms. The van der Waals surface area contributed by atoms with Crippen LogP contribution >= 0.6 is 0 Å². The first-order valence-corrected chi connectivity index (χ1v) is 11.0. The van der Waals surface area contributed by atoms with Crippen molar-refractivity contribution in [3.05, 3.63) is 101 Å². The van der Waals surface area contributed by atoms with Gasteiger partial charge in [-0.25, -0.2) is 4.39 Å². The highest BCUT2D eigenvalue weighted by Gasteiger charge is 2.40. The molecular formula is C27H27FN2O3. The molecule has 0 bridgehead atoms. The fourth-order valence-corrected chi connectivity index (χ4v) is 4.35. The third-order valence-corrected chi connectivity index (χ3v) is 6.22. The number of ether oxygens (including phenoxy) is 1. The van der Waals surface area contributed by atoms with Crippen LogP contribution in [0, 0.1) is 18.7 Å². The van der Waals surface area contributed by atoms with Gasteiger partial charge in [-0.3, -0.25) is 9.59 Å². The van der Waals surface area contributed by atoms with Crippen LogP contribution in [0.2, 0.25) is 0 Å². The lowest BCUT2D eigenvalue weighted by atomic mass is 9.88. The van der Waals surface area contributed by atoms with Crippen LogP contribution in [0.15, 0.2) is 72.8 Å². The molecule has 2 atom stereocenters. The van der Waals surface area contributed by atoms with E-state index in [1.807, 2.05) is 55.5 Å². The van der Waals surface area contributed by atoms with Gasteiger partial charge in [-0.05, 0) is 53.9 Å². The number of hydrogen-bond donors (Lipinski definition) is 1. The van der Waals surface area contributed by atoms with Crippen molar-refractivity contribution in [3.63, 3.8) is 0 Å². The highest BCUT2D eigenvalue weighted by atomic mass is 19.1. The van der Waals surface area contributed by atoms with E-state index < -0.39 is 5.92 Å². The summed E-state index contributed by atoms with van der Waals surface area (Å²) in [6.07, 6.45) is 0. The molecule has 5 nitrogen and oxygen atoms in total. The van der Waals surface area contributed by atoms with Gasteiger partial charge in [0.25, 0.3) is 5.91 Å². The summed E-state index contributed by atoms with van der Waals surface area (Å²) in [5, 5.41) is 2.97. The second-order valence-electron chi connectivity index (χ2n) is 8.36. The SMILES string of the molecule is COc1cccc([C@@H]2CN(C(=O)c3ccccc3C)C[C@H]2C(=O)NCc2ccc(F)cc2)c1. The standard InChI is InChI=1S/C27H27FN2O3/c1-18-6-3-4-9-23(18)27(32)30-16-24(20-7-5-8-22(14-20)33-2)25(17-30)26(31)29-15-19-10-12-21(28)13-11-19/h3-14,24-25H,15-17H2,1-2H3,(H,29,31)/t24-,25+/m0/s1. The summed E-state index contributed by atoms with van der Waals surface area (Å²) >= 11 is 0. The number of nitrogens with one attached hydrogen (secondary N) is 1. The molecule has 1 saturated heterocycles. The molecule has 0 aromatic heterocycles. The number of carbonyl (C=O) groups excluding carboxylic acids is 2. The Kier molecular flexibility index (Phi) is 6.73. The Morgan fingerprint density at radius 3 is 2.52 bits per heavy atom. The molecule has 0 aliphatic carbocycles. The Hall–Kier alpha value is -3.67. The lowest BCUT2D eigenvalue weighted by Crippen LogP contribution is -2.35. The van der Waals surface area contributed by atoms with E-state index in [-0.39, 0.29) is 23.5 Å². The molecule has 1 heterocycles. The predicted molar refractivity (Wildman–Crippen MR) is 125 cm³/mol. The Morgan fingerprint density at radius 2 is 1.79 bits per heavy atom. The van der Waals surface area contributed by atoms with Crippen molar-refractivity contribution in [2.24, 2.45) is 5.92 Å². The Bertz CT molecular complexity index is 1150. The van der Waals surface area contributed by atoms with Gasteiger partial charge >= 0.3 is 0 Å². The summed E-state index contributed by atoms with van der Waals surface area (Å²) < 4.78 is 18.6. The molecule has 3 aromatic carbocycles. The van der Waals surface area contributed by atoms with Gasteiger partial charge in [-0.15, -0.1) is 0 Å². The molecule has 3 aromatic rings. The van der Waals surface area contributed by atoms with Gasteiger partial charge in [-0.2, -0.15) is 0 Å². The van der Waals surface area contributed by atoms with E-state index in [2.05, 4.69) is 5.32 Å². The van der Waals surface area contributed by atoms with Crippen LogP contribution in [0.5, 0.6) is 5.75 Å². The number of amides is 2. The van der Waals surface area contributed by atoms with Crippen molar-refractivity contribution in [3.8, 4) is 5.75 Å². The van der Waals surface area contributed by atoms with Gasteiger partial charge < -0.3 is 15.0 Å². The highest BCUT2D eigenvalue weighted by Crippen LogP contribution is 2.35. The third kappa shape index (κ3) is 5.06. The van der Waals surface area contributed by atoms with E-state index in [0.717, 1.165) is 16.7 Å². The van der Waals surface area contributed by atoms with Gasteiger partial charge in [-0.1, -0.05) is 42.5 Å². The second kappa shape index (κ2) is 9.86. The summed E-state index contributed by atoms with van der Waals surface area (Å²) in [5.74, 6) is -0.389. The second-order valence-corrected chi connectivity index (χ2v) is 8.36. The molecule has 0 unspecified atom stereocenters. The molecule has 1 N–H and O–H groups in total. The van der Waals surface area contributed by atoms with Crippen molar-refractivity contribution in [1.29, 1.82) is 0 Å². The normalized spacial score (nSPS) is 17.6. The van der Waals surface area contributed by atoms with Crippen LogP contribution < -0.4 is 10.1 Å². The minimum absolute atomic E-state index is 0.0742. The van der Waals surface area contributed by atoms with Gasteiger partial charge in [0.2, 0.25) is 5.91 Å². The van der Waals surface area contributed by atoms with Crippen molar-refractivity contribution in [2.75, 3.05) is 20.2 Å². The summed E-state index contributed by atoms with van der Waals surface area (Å²) in [5.41, 5.74) is 3.32. The monoisotopic (exact) mass is 446 g/mol. The van der Waals surface area contributed by atoms with Gasteiger partial charge in [0, 0.05) is 31.1 Å². The number of nitrogens with zero attached hydrogens (tertiary/aromatic N) is 1. The van der Waals surface area contributed by atoms with Crippen LogP contribution in [-0.4, -0.2) is 36.9 Å². The zero-order valence-electron chi connectivity index (χ0n) is 18.8. The maximum absolute atomic E-state index is 13.3. The third-order valence-electron chi connectivity index (χ3n) is 6.22. The number of aryl methyl sites for hydroxylation is 1. The first kappa shape index (κ1) is 22.5. The quantitative estimate of drug-likeness (QED) is 0.614. The molecule has 1 aliphatic rings. The fraction of sp³-hybridized carbons (Fsp3) is 0.259. The average Bonchev–Trinajstić information content (AvgIpc) is 3.29. The maximum atomic E-state index is 13.3. The number of methoxy groups -OCH3 is 1.